The SMILES string of the molecule is COc1ccc(NC(=O)c2cc(C3CC3)nc3c2c(C)nn3-c2ccccc2)cc1. The number of methoxy groups -OCH3 is 1. The van der Waals surface area contributed by atoms with Crippen LogP contribution in [0.5, 0.6) is 5.75 Å². The van der Waals surface area contributed by atoms with Gasteiger partial charge in [0, 0.05) is 17.3 Å². The van der Waals surface area contributed by atoms with Crippen molar-refractivity contribution in [1.29, 1.82) is 0 Å². The Kier molecular flexibility index (Phi) is 4.47. The monoisotopic (exact) mass is 398 g/mol. The molecule has 2 aromatic heterocycles. The van der Waals surface area contributed by atoms with E-state index in [1.165, 1.54) is 0 Å². The van der Waals surface area contributed by atoms with E-state index in [0.717, 1.165) is 46.7 Å². The van der Waals surface area contributed by atoms with E-state index in [1.807, 2.05) is 72.3 Å². The summed E-state index contributed by atoms with van der Waals surface area (Å²) in [5.74, 6) is 1.00. The molecule has 1 aliphatic rings. The van der Waals surface area contributed by atoms with Crippen molar-refractivity contribution in [3.05, 3.63) is 77.6 Å². The standard InChI is InChI=1S/C24H22N4O2/c1-15-22-20(24(29)25-17-10-12-19(30-2)13-11-17)14-21(16-8-9-16)26-23(22)28(27-15)18-6-4-3-5-7-18/h3-7,10-14,16H,8-9H2,1-2H3,(H,25,29). The maximum atomic E-state index is 13.3. The Morgan fingerprint density at radius 3 is 2.50 bits per heavy atom. The fourth-order valence-electron chi connectivity index (χ4n) is 3.70. The van der Waals surface area contributed by atoms with Gasteiger partial charge in [-0.1, -0.05) is 18.2 Å². The minimum Gasteiger partial charge on any atom is -0.497 e. The zero-order chi connectivity index (χ0) is 20.7. The summed E-state index contributed by atoms with van der Waals surface area (Å²) in [6.45, 7) is 1.92. The highest BCUT2D eigenvalue weighted by Crippen LogP contribution is 2.40. The minimum absolute atomic E-state index is 0.162. The third kappa shape index (κ3) is 3.30. The highest BCUT2D eigenvalue weighted by atomic mass is 16.5. The van der Waals surface area contributed by atoms with Crippen molar-refractivity contribution in [2.45, 2.75) is 25.7 Å². The Morgan fingerprint density at radius 2 is 1.83 bits per heavy atom. The van der Waals surface area contributed by atoms with Gasteiger partial charge in [0.1, 0.15) is 5.75 Å². The van der Waals surface area contributed by atoms with Crippen LogP contribution in [0.2, 0.25) is 0 Å². The molecule has 1 N–H and O–H groups in total. The van der Waals surface area contributed by atoms with Crippen molar-refractivity contribution in [2.24, 2.45) is 0 Å². The molecule has 5 rings (SSSR count). The van der Waals surface area contributed by atoms with Crippen molar-refractivity contribution < 1.29 is 9.53 Å². The maximum Gasteiger partial charge on any atom is 0.256 e. The molecule has 0 bridgehead atoms. The molecule has 1 saturated carbocycles. The van der Waals surface area contributed by atoms with E-state index in [2.05, 4.69) is 5.32 Å². The minimum atomic E-state index is -0.162. The number of anilines is 1. The Labute approximate surface area is 174 Å². The highest BCUT2D eigenvalue weighted by Gasteiger charge is 2.29. The number of benzene rings is 2. The second kappa shape index (κ2) is 7.30. The van der Waals surface area contributed by atoms with Crippen molar-refractivity contribution in [1.82, 2.24) is 14.8 Å². The van der Waals surface area contributed by atoms with Crippen LogP contribution in [0.1, 0.15) is 40.5 Å². The summed E-state index contributed by atoms with van der Waals surface area (Å²) in [6, 6.07) is 19.2. The Balaban J connectivity index is 1.61. The summed E-state index contributed by atoms with van der Waals surface area (Å²) in [4.78, 5) is 18.2. The third-order valence-corrected chi connectivity index (χ3v) is 5.42. The molecule has 2 heterocycles. The Hall–Kier alpha value is -3.67. The van der Waals surface area contributed by atoms with Crippen molar-refractivity contribution in [3.8, 4) is 11.4 Å². The summed E-state index contributed by atoms with van der Waals surface area (Å²) >= 11 is 0. The number of carbonyl (C=O) groups is 1. The molecule has 1 aliphatic carbocycles. The summed E-state index contributed by atoms with van der Waals surface area (Å²) in [7, 11) is 1.62. The Morgan fingerprint density at radius 1 is 1.10 bits per heavy atom. The predicted molar refractivity (Wildman–Crippen MR) is 117 cm³/mol. The fraction of sp³-hybridized carbons (Fsp3) is 0.208. The number of fused-ring (bicyclic) bond motifs is 1. The fourth-order valence-corrected chi connectivity index (χ4v) is 3.70. The number of nitrogens with zero attached hydrogens (tertiary/aromatic N) is 3. The van der Waals surface area contributed by atoms with Crippen molar-refractivity contribution >= 4 is 22.6 Å². The van der Waals surface area contributed by atoms with E-state index in [0.29, 0.717) is 17.2 Å². The van der Waals surface area contributed by atoms with Crippen LogP contribution < -0.4 is 10.1 Å². The molecule has 0 unspecified atom stereocenters. The highest BCUT2D eigenvalue weighted by molar-refractivity contribution is 6.12. The van der Waals surface area contributed by atoms with Crippen LogP contribution in [0.15, 0.2) is 60.7 Å². The number of para-hydroxylation sites is 1. The van der Waals surface area contributed by atoms with E-state index in [9.17, 15) is 4.79 Å². The van der Waals surface area contributed by atoms with Gasteiger partial charge in [-0.15, -0.1) is 0 Å². The molecular formula is C24H22N4O2. The number of rotatable bonds is 5. The molecule has 0 spiro atoms. The largest absolute Gasteiger partial charge is 0.497 e. The molecule has 4 aromatic rings. The van der Waals surface area contributed by atoms with Crippen LogP contribution in [-0.4, -0.2) is 27.8 Å². The van der Waals surface area contributed by atoms with Crippen molar-refractivity contribution in [2.75, 3.05) is 12.4 Å². The van der Waals surface area contributed by atoms with Crippen LogP contribution >= 0.6 is 0 Å². The smallest absolute Gasteiger partial charge is 0.256 e. The Bertz CT molecular complexity index is 1230. The van der Waals surface area contributed by atoms with E-state index in [4.69, 9.17) is 14.8 Å². The second-order valence-electron chi connectivity index (χ2n) is 7.58. The summed E-state index contributed by atoms with van der Waals surface area (Å²) in [5.41, 5.74) is 4.72. The van der Waals surface area contributed by atoms with E-state index in [-0.39, 0.29) is 5.91 Å². The summed E-state index contributed by atoms with van der Waals surface area (Å²) < 4.78 is 7.03. The number of hydrogen-bond acceptors (Lipinski definition) is 4. The number of pyridine rings is 1. The van der Waals surface area contributed by atoms with E-state index >= 15 is 0 Å². The first-order valence-corrected chi connectivity index (χ1v) is 10.0. The molecule has 0 saturated heterocycles. The third-order valence-electron chi connectivity index (χ3n) is 5.42. The molecular weight excluding hydrogens is 376 g/mol. The summed E-state index contributed by atoms with van der Waals surface area (Å²) in [5, 5.41) is 8.50. The molecule has 2 aromatic carbocycles. The zero-order valence-corrected chi connectivity index (χ0v) is 16.9. The van der Waals surface area contributed by atoms with Gasteiger partial charge in [-0.3, -0.25) is 4.79 Å². The van der Waals surface area contributed by atoms with E-state index in [1.54, 1.807) is 7.11 Å². The van der Waals surface area contributed by atoms with Gasteiger partial charge in [0.2, 0.25) is 0 Å². The lowest BCUT2D eigenvalue weighted by atomic mass is 10.1. The van der Waals surface area contributed by atoms with Gasteiger partial charge in [0.25, 0.3) is 5.91 Å². The lowest BCUT2D eigenvalue weighted by Gasteiger charge is -2.10. The first-order valence-electron chi connectivity index (χ1n) is 10.0. The molecule has 0 radical (unpaired) electrons. The first-order chi connectivity index (χ1) is 14.6. The van der Waals surface area contributed by atoms with Gasteiger partial charge in [0.15, 0.2) is 5.65 Å². The molecule has 0 atom stereocenters. The van der Waals surface area contributed by atoms with Crippen LogP contribution in [0.25, 0.3) is 16.7 Å². The normalized spacial score (nSPS) is 13.4. The number of hydrogen-bond donors (Lipinski definition) is 1. The van der Waals surface area contributed by atoms with Crippen LogP contribution in [-0.2, 0) is 0 Å². The predicted octanol–water partition coefficient (Wildman–Crippen LogP) is 4.87. The number of ether oxygens (including phenoxy) is 1. The molecule has 150 valence electrons. The van der Waals surface area contributed by atoms with Crippen LogP contribution in [0.4, 0.5) is 5.69 Å². The quantitative estimate of drug-likeness (QED) is 0.521. The molecule has 1 fully saturated rings. The lowest BCUT2D eigenvalue weighted by Crippen LogP contribution is -2.13. The van der Waals surface area contributed by atoms with Crippen LogP contribution in [0.3, 0.4) is 0 Å². The number of nitrogens with one attached hydrogen (secondary N) is 1. The molecule has 6 nitrogen and oxygen atoms in total. The number of aromatic nitrogens is 3. The van der Waals surface area contributed by atoms with Gasteiger partial charge in [-0.05, 0) is 62.2 Å². The summed E-state index contributed by atoms with van der Waals surface area (Å²) in [6.07, 6.45) is 2.22. The van der Waals surface area contributed by atoms with E-state index < -0.39 is 0 Å². The lowest BCUT2D eigenvalue weighted by molar-refractivity contribution is 0.102. The molecule has 30 heavy (non-hydrogen) atoms. The van der Waals surface area contributed by atoms with Gasteiger partial charge >= 0.3 is 0 Å². The van der Waals surface area contributed by atoms with Gasteiger partial charge < -0.3 is 10.1 Å². The maximum absolute atomic E-state index is 13.3. The average Bonchev–Trinajstić information content (AvgIpc) is 3.58. The van der Waals surface area contributed by atoms with Crippen molar-refractivity contribution in [3.63, 3.8) is 0 Å². The van der Waals surface area contributed by atoms with Gasteiger partial charge in [0.05, 0.1) is 29.4 Å². The molecule has 6 heteroatoms. The van der Waals surface area contributed by atoms with Gasteiger partial charge in [-0.2, -0.15) is 5.10 Å². The first kappa shape index (κ1) is 18.4. The number of amides is 1. The second-order valence-corrected chi connectivity index (χ2v) is 7.58. The molecule has 1 amide bonds. The van der Waals surface area contributed by atoms with Gasteiger partial charge in [-0.25, -0.2) is 9.67 Å². The average molecular weight is 398 g/mol. The number of carbonyl (C=O) groups excluding carboxylic acids is 1. The van der Waals surface area contributed by atoms with Crippen LogP contribution in [0, 0.1) is 6.92 Å². The number of aryl methyl sites for hydroxylation is 1. The topological polar surface area (TPSA) is 69.0 Å². The zero-order valence-electron chi connectivity index (χ0n) is 16.9. The molecule has 0 aliphatic heterocycles.